The molecule has 1 aromatic heterocycles. The molecule has 148 valence electrons. The third kappa shape index (κ3) is 4.06. The van der Waals surface area contributed by atoms with Crippen LogP contribution in [0.5, 0.6) is 0 Å². The fourth-order valence-corrected chi connectivity index (χ4v) is 5.16. The van der Waals surface area contributed by atoms with Crippen LogP contribution in [-0.4, -0.2) is 23.8 Å². The number of halogens is 1. The van der Waals surface area contributed by atoms with Gasteiger partial charge in [-0.3, -0.25) is 4.79 Å². The molecular weight excluding hydrogens is 454 g/mol. The number of hydrogen-bond acceptors (Lipinski definition) is 4. The molecule has 0 aliphatic heterocycles. The number of amides is 1. The summed E-state index contributed by atoms with van der Waals surface area (Å²) in [4.78, 5) is 23.7. The molecule has 3 aromatic rings. The zero-order valence-electron chi connectivity index (χ0n) is 15.3. The molecule has 2 N–H and O–H groups in total. The number of carbonyl (C=O) groups is 2. The molecule has 0 saturated heterocycles. The molecule has 7 heteroatoms. The second-order valence-corrected chi connectivity index (χ2v) is 9.00. The Balaban J connectivity index is 1.48. The van der Waals surface area contributed by atoms with Crippen molar-refractivity contribution in [1.82, 2.24) is 5.32 Å². The molecular formula is C22H18BrNO4S. The van der Waals surface area contributed by atoms with Crippen LogP contribution in [0.2, 0.25) is 0 Å². The van der Waals surface area contributed by atoms with E-state index in [1.165, 1.54) is 11.3 Å². The molecule has 1 atom stereocenters. The highest BCUT2D eigenvalue weighted by molar-refractivity contribution is 9.11. The molecule has 1 heterocycles. The van der Waals surface area contributed by atoms with Crippen molar-refractivity contribution in [1.29, 1.82) is 0 Å². The Kier molecular flexibility index (Phi) is 5.69. The predicted molar refractivity (Wildman–Crippen MR) is 115 cm³/mol. The van der Waals surface area contributed by atoms with E-state index in [1.807, 2.05) is 29.6 Å². The lowest BCUT2D eigenvalue weighted by molar-refractivity contribution is -0.137. The van der Waals surface area contributed by atoms with Gasteiger partial charge >= 0.3 is 12.1 Å². The number of carbonyl (C=O) groups excluding carboxylic acids is 1. The molecule has 1 amide bonds. The molecule has 0 unspecified atom stereocenters. The van der Waals surface area contributed by atoms with Gasteiger partial charge in [-0.2, -0.15) is 0 Å². The van der Waals surface area contributed by atoms with E-state index in [0.717, 1.165) is 31.6 Å². The average Bonchev–Trinajstić information content (AvgIpc) is 3.27. The van der Waals surface area contributed by atoms with Crippen molar-refractivity contribution in [2.45, 2.75) is 18.4 Å². The first-order valence-corrected chi connectivity index (χ1v) is 10.8. The van der Waals surface area contributed by atoms with Crippen LogP contribution in [0.4, 0.5) is 4.79 Å². The van der Waals surface area contributed by atoms with Gasteiger partial charge in [-0.05, 0) is 49.6 Å². The molecule has 1 aliphatic rings. The van der Waals surface area contributed by atoms with E-state index >= 15 is 0 Å². The first-order chi connectivity index (χ1) is 14.0. The Morgan fingerprint density at radius 3 is 2.24 bits per heavy atom. The predicted octanol–water partition coefficient (Wildman–Crippen LogP) is 5.57. The van der Waals surface area contributed by atoms with Gasteiger partial charge < -0.3 is 15.2 Å². The van der Waals surface area contributed by atoms with E-state index in [1.54, 1.807) is 6.07 Å². The van der Waals surface area contributed by atoms with E-state index in [0.29, 0.717) is 0 Å². The summed E-state index contributed by atoms with van der Waals surface area (Å²) in [5, 5.41) is 13.7. The Morgan fingerprint density at radius 2 is 1.69 bits per heavy atom. The van der Waals surface area contributed by atoms with Crippen LogP contribution in [0.3, 0.4) is 0 Å². The van der Waals surface area contributed by atoms with Crippen molar-refractivity contribution >= 4 is 39.3 Å². The number of fused-ring (bicyclic) bond motifs is 3. The molecule has 2 aromatic carbocycles. The number of carboxylic acids is 1. The highest BCUT2D eigenvalue weighted by Gasteiger charge is 2.29. The van der Waals surface area contributed by atoms with Gasteiger partial charge in [0.25, 0.3) is 0 Å². The average molecular weight is 472 g/mol. The zero-order valence-corrected chi connectivity index (χ0v) is 17.7. The van der Waals surface area contributed by atoms with Crippen molar-refractivity contribution in [3.63, 3.8) is 0 Å². The Hall–Kier alpha value is -2.64. The maximum atomic E-state index is 12.5. The minimum Gasteiger partial charge on any atom is -0.481 e. The van der Waals surface area contributed by atoms with Crippen molar-refractivity contribution in [3.8, 4) is 11.1 Å². The smallest absolute Gasteiger partial charge is 0.407 e. The topological polar surface area (TPSA) is 75.6 Å². The van der Waals surface area contributed by atoms with E-state index in [9.17, 15) is 14.7 Å². The third-order valence-electron chi connectivity index (χ3n) is 5.04. The van der Waals surface area contributed by atoms with Gasteiger partial charge in [0.15, 0.2) is 0 Å². The zero-order chi connectivity index (χ0) is 20.4. The number of nitrogens with one attached hydrogen (secondary N) is 1. The van der Waals surface area contributed by atoms with Crippen molar-refractivity contribution in [2.24, 2.45) is 0 Å². The van der Waals surface area contributed by atoms with Crippen LogP contribution in [0.15, 0.2) is 63.8 Å². The number of thiophene rings is 1. The lowest BCUT2D eigenvalue weighted by Gasteiger charge is -2.19. The van der Waals surface area contributed by atoms with Crippen LogP contribution >= 0.6 is 27.3 Å². The number of carboxylic acid groups (broad SMARTS) is 1. The van der Waals surface area contributed by atoms with Crippen LogP contribution in [0.1, 0.15) is 35.1 Å². The van der Waals surface area contributed by atoms with Gasteiger partial charge in [0.2, 0.25) is 0 Å². The number of benzene rings is 2. The normalized spacial score (nSPS) is 13.4. The minimum absolute atomic E-state index is 0.0426. The lowest BCUT2D eigenvalue weighted by atomic mass is 9.98. The van der Waals surface area contributed by atoms with Gasteiger partial charge in [-0.1, -0.05) is 48.5 Å². The monoisotopic (exact) mass is 471 g/mol. The summed E-state index contributed by atoms with van der Waals surface area (Å²) in [7, 11) is 0. The molecule has 4 rings (SSSR count). The molecule has 0 bridgehead atoms. The summed E-state index contributed by atoms with van der Waals surface area (Å²) < 4.78 is 6.33. The summed E-state index contributed by atoms with van der Waals surface area (Å²) >= 11 is 4.85. The Morgan fingerprint density at radius 1 is 1.07 bits per heavy atom. The van der Waals surface area contributed by atoms with E-state index in [2.05, 4.69) is 45.5 Å². The highest BCUT2D eigenvalue weighted by Crippen LogP contribution is 2.44. The number of rotatable bonds is 6. The molecule has 5 nitrogen and oxygen atoms in total. The second-order valence-electron chi connectivity index (χ2n) is 6.77. The fourth-order valence-electron chi connectivity index (χ4n) is 3.75. The summed E-state index contributed by atoms with van der Waals surface area (Å²) in [5.41, 5.74) is 5.30. The molecule has 0 saturated carbocycles. The largest absolute Gasteiger partial charge is 0.481 e. The summed E-state index contributed by atoms with van der Waals surface area (Å²) in [6, 6.07) is 17.4. The van der Waals surface area contributed by atoms with Gasteiger partial charge in [-0.25, -0.2) is 4.79 Å². The molecule has 0 radical (unpaired) electrons. The summed E-state index contributed by atoms with van der Waals surface area (Å²) in [6.45, 7) is 0.185. The second kappa shape index (κ2) is 8.39. The molecule has 0 fully saturated rings. The first kappa shape index (κ1) is 19.7. The minimum atomic E-state index is -0.993. The van der Waals surface area contributed by atoms with Crippen LogP contribution in [0.25, 0.3) is 11.1 Å². The lowest BCUT2D eigenvalue weighted by Crippen LogP contribution is -2.31. The Bertz CT molecular complexity index is 1020. The van der Waals surface area contributed by atoms with Gasteiger partial charge in [0.05, 0.1) is 16.2 Å². The standard InChI is InChI=1S/C22H18BrNO4S/c23-21-17(9-10-29-21)19(11-20(25)26)24-22(27)28-12-18-15-7-3-1-5-13(15)14-6-2-4-8-16(14)18/h1-10,18-19H,11-12H2,(H,24,27)(H,25,26)/t19-/m1/s1. The highest BCUT2D eigenvalue weighted by atomic mass is 79.9. The van der Waals surface area contributed by atoms with Crippen molar-refractivity contribution < 1.29 is 19.4 Å². The van der Waals surface area contributed by atoms with Crippen LogP contribution < -0.4 is 5.32 Å². The number of aliphatic carboxylic acids is 1. The number of hydrogen-bond donors (Lipinski definition) is 2. The van der Waals surface area contributed by atoms with E-state index in [-0.39, 0.29) is 18.9 Å². The fraction of sp³-hybridized carbons (Fsp3) is 0.182. The summed E-state index contributed by atoms with van der Waals surface area (Å²) in [5.74, 6) is -1.04. The number of ether oxygens (including phenoxy) is 1. The quantitative estimate of drug-likeness (QED) is 0.492. The SMILES string of the molecule is O=C(O)C[C@@H](NC(=O)OCC1c2ccccc2-c2ccccc21)c1ccsc1Br. The van der Waals surface area contributed by atoms with Gasteiger partial charge in [0.1, 0.15) is 6.61 Å². The van der Waals surface area contributed by atoms with E-state index < -0.39 is 18.1 Å². The molecule has 1 aliphatic carbocycles. The van der Waals surface area contributed by atoms with E-state index in [4.69, 9.17) is 4.74 Å². The number of alkyl carbamates (subject to hydrolysis) is 1. The first-order valence-electron chi connectivity index (χ1n) is 9.10. The Labute approximate surface area is 180 Å². The van der Waals surface area contributed by atoms with Crippen LogP contribution in [-0.2, 0) is 9.53 Å². The van der Waals surface area contributed by atoms with Gasteiger partial charge in [-0.15, -0.1) is 11.3 Å². The van der Waals surface area contributed by atoms with Gasteiger partial charge in [0, 0.05) is 11.5 Å². The molecule has 0 spiro atoms. The summed E-state index contributed by atoms with van der Waals surface area (Å²) in [6.07, 6.45) is -0.851. The molecule has 29 heavy (non-hydrogen) atoms. The third-order valence-corrected chi connectivity index (χ3v) is 6.77. The van der Waals surface area contributed by atoms with Crippen molar-refractivity contribution in [2.75, 3.05) is 6.61 Å². The maximum absolute atomic E-state index is 12.5. The maximum Gasteiger partial charge on any atom is 0.407 e. The van der Waals surface area contributed by atoms with Crippen LogP contribution in [0, 0.1) is 0 Å². The van der Waals surface area contributed by atoms with Crippen molar-refractivity contribution in [3.05, 3.63) is 80.5 Å².